The largest absolute Gasteiger partial charge is 0.369 e. The zero-order chi connectivity index (χ0) is 13.9. The molecule has 1 saturated heterocycles. The predicted octanol–water partition coefficient (Wildman–Crippen LogP) is 1.66. The van der Waals surface area contributed by atoms with Crippen molar-refractivity contribution in [3.8, 4) is 0 Å². The molecular formula is C13H22N4OS. The summed E-state index contributed by atoms with van der Waals surface area (Å²) < 4.78 is 0. The van der Waals surface area contributed by atoms with Gasteiger partial charge in [-0.15, -0.1) is 11.3 Å². The van der Waals surface area contributed by atoms with E-state index in [0.717, 1.165) is 44.2 Å². The average molecular weight is 282 g/mol. The number of likely N-dealkylation sites (tertiary alicyclic amines) is 1. The van der Waals surface area contributed by atoms with Crippen molar-refractivity contribution in [3.63, 3.8) is 0 Å². The standard InChI is InChI=1S/C13H22N4OS/c1-3-5-15-12-16-7-10(19-12)8-17-6-4-13(2,9-17)11(14)18/h7H,3-6,8-9H2,1-2H3,(H2,14,18)(H,15,16). The van der Waals surface area contributed by atoms with Crippen LogP contribution >= 0.6 is 11.3 Å². The highest BCUT2D eigenvalue weighted by Gasteiger charge is 2.38. The molecule has 1 atom stereocenters. The highest BCUT2D eigenvalue weighted by Crippen LogP contribution is 2.31. The van der Waals surface area contributed by atoms with Gasteiger partial charge in [-0.1, -0.05) is 6.92 Å². The molecule has 3 N–H and O–H groups in total. The van der Waals surface area contributed by atoms with Gasteiger partial charge in [-0.25, -0.2) is 4.98 Å². The molecule has 0 bridgehead atoms. The fourth-order valence-electron chi connectivity index (χ4n) is 2.31. The minimum Gasteiger partial charge on any atom is -0.369 e. The van der Waals surface area contributed by atoms with E-state index >= 15 is 0 Å². The number of primary amides is 1. The third kappa shape index (κ3) is 3.45. The van der Waals surface area contributed by atoms with E-state index < -0.39 is 0 Å². The number of hydrogen-bond acceptors (Lipinski definition) is 5. The smallest absolute Gasteiger partial charge is 0.224 e. The van der Waals surface area contributed by atoms with Gasteiger partial charge >= 0.3 is 0 Å². The van der Waals surface area contributed by atoms with Gasteiger partial charge in [0.15, 0.2) is 5.13 Å². The number of hydrogen-bond donors (Lipinski definition) is 2. The summed E-state index contributed by atoms with van der Waals surface area (Å²) in [4.78, 5) is 19.3. The van der Waals surface area contributed by atoms with Crippen LogP contribution in [-0.2, 0) is 11.3 Å². The molecule has 0 saturated carbocycles. The normalized spacial score (nSPS) is 23.7. The van der Waals surface area contributed by atoms with Crippen LogP contribution in [0.15, 0.2) is 6.20 Å². The summed E-state index contributed by atoms with van der Waals surface area (Å²) in [6.45, 7) is 7.57. The van der Waals surface area contributed by atoms with Gasteiger partial charge in [-0.2, -0.15) is 0 Å². The van der Waals surface area contributed by atoms with Gasteiger partial charge < -0.3 is 11.1 Å². The van der Waals surface area contributed by atoms with Gasteiger partial charge in [-0.3, -0.25) is 9.69 Å². The molecule has 1 aliphatic heterocycles. The first-order valence-electron chi connectivity index (χ1n) is 6.74. The Morgan fingerprint density at radius 1 is 1.68 bits per heavy atom. The number of nitrogens with one attached hydrogen (secondary N) is 1. The Kier molecular flexibility index (Phi) is 4.42. The molecule has 1 aromatic rings. The molecule has 1 amide bonds. The minimum absolute atomic E-state index is 0.190. The Labute approximate surface area is 118 Å². The topological polar surface area (TPSA) is 71.2 Å². The summed E-state index contributed by atoms with van der Waals surface area (Å²) in [5.41, 5.74) is 5.09. The molecule has 0 aromatic carbocycles. The number of rotatable bonds is 6. The first-order chi connectivity index (χ1) is 9.03. The molecule has 2 heterocycles. The Hall–Kier alpha value is -1.14. The molecule has 106 valence electrons. The SMILES string of the molecule is CCCNc1ncc(CN2CCC(C)(C(N)=O)C2)s1. The quantitative estimate of drug-likeness (QED) is 0.832. The van der Waals surface area contributed by atoms with Crippen LogP contribution in [-0.4, -0.2) is 35.4 Å². The lowest BCUT2D eigenvalue weighted by Crippen LogP contribution is -2.36. The van der Waals surface area contributed by atoms with Crippen molar-refractivity contribution in [1.29, 1.82) is 0 Å². The molecule has 1 aromatic heterocycles. The maximum Gasteiger partial charge on any atom is 0.224 e. The average Bonchev–Trinajstić information content (AvgIpc) is 2.95. The maximum absolute atomic E-state index is 11.4. The molecule has 1 aliphatic rings. The first-order valence-corrected chi connectivity index (χ1v) is 7.56. The van der Waals surface area contributed by atoms with Crippen LogP contribution in [0.25, 0.3) is 0 Å². The van der Waals surface area contributed by atoms with Crippen LogP contribution in [0.1, 0.15) is 31.6 Å². The van der Waals surface area contributed by atoms with Gasteiger partial charge in [0.25, 0.3) is 0 Å². The number of thiazole rings is 1. The van der Waals surface area contributed by atoms with E-state index in [0.29, 0.717) is 0 Å². The number of nitrogens with zero attached hydrogens (tertiary/aromatic N) is 2. The van der Waals surface area contributed by atoms with Crippen LogP contribution < -0.4 is 11.1 Å². The van der Waals surface area contributed by atoms with Gasteiger partial charge in [-0.05, 0) is 26.3 Å². The van der Waals surface area contributed by atoms with Crippen molar-refractivity contribution in [2.45, 2.75) is 33.2 Å². The second-order valence-corrected chi connectivity index (χ2v) is 6.56. The Morgan fingerprint density at radius 3 is 3.11 bits per heavy atom. The number of aromatic nitrogens is 1. The molecule has 0 spiro atoms. The first kappa shape index (κ1) is 14.3. The van der Waals surface area contributed by atoms with Crippen LogP contribution in [0.3, 0.4) is 0 Å². The number of carbonyl (C=O) groups is 1. The lowest BCUT2D eigenvalue weighted by molar-refractivity contribution is -0.126. The molecule has 1 unspecified atom stereocenters. The third-order valence-corrected chi connectivity index (χ3v) is 4.55. The third-order valence-electron chi connectivity index (χ3n) is 3.61. The van der Waals surface area contributed by atoms with Gasteiger partial charge in [0, 0.05) is 30.7 Å². The van der Waals surface area contributed by atoms with Crippen LogP contribution in [0.5, 0.6) is 0 Å². The second kappa shape index (κ2) is 5.88. The van der Waals surface area contributed by atoms with E-state index in [9.17, 15) is 4.79 Å². The summed E-state index contributed by atoms with van der Waals surface area (Å²) in [5, 5.41) is 4.27. The Morgan fingerprint density at radius 2 is 2.47 bits per heavy atom. The van der Waals surface area contributed by atoms with Crippen molar-refractivity contribution in [3.05, 3.63) is 11.1 Å². The van der Waals surface area contributed by atoms with Crippen LogP contribution in [0.2, 0.25) is 0 Å². The highest BCUT2D eigenvalue weighted by molar-refractivity contribution is 7.15. The number of carbonyl (C=O) groups excluding carboxylic acids is 1. The molecule has 0 radical (unpaired) electrons. The molecule has 19 heavy (non-hydrogen) atoms. The van der Waals surface area contributed by atoms with Gasteiger partial charge in [0.1, 0.15) is 0 Å². The summed E-state index contributed by atoms with van der Waals surface area (Å²) in [5.74, 6) is -0.190. The van der Waals surface area contributed by atoms with E-state index in [4.69, 9.17) is 5.73 Å². The predicted molar refractivity (Wildman–Crippen MR) is 78.1 cm³/mol. The van der Waals surface area contributed by atoms with E-state index in [2.05, 4.69) is 22.1 Å². The van der Waals surface area contributed by atoms with E-state index in [1.165, 1.54) is 4.88 Å². The van der Waals surface area contributed by atoms with Crippen molar-refractivity contribution >= 4 is 22.4 Å². The van der Waals surface area contributed by atoms with E-state index in [1.54, 1.807) is 11.3 Å². The van der Waals surface area contributed by atoms with Crippen molar-refractivity contribution in [1.82, 2.24) is 9.88 Å². The fraction of sp³-hybridized carbons (Fsp3) is 0.692. The number of amides is 1. The lowest BCUT2D eigenvalue weighted by Gasteiger charge is -2.20. The molecule has 0 aliphatic carbocycles. The lowest BCUT2D eigenvalue weighted by atomic mass is 9.89. The molecule has 2 rings (SSSR count). The van der Waals surface area contributed by atoms with Gasteiger partial charge in [0.05, 0.1) is 5.41 Å². The molecular weight excluding hydrogens is 260 g/mol. The highest BCUT2D eigenvalue weighted by atomic mass is 32.1. The zero-order valence-corrected chi connectivity index (χ0v) is 12.4. The van der Waals surface area contributed by atoms with Gasteiger partial charge in [0.2, 0.25) is 5.91 Å². The van der Waals surface area contributed by atoms with Crippen molar-refractivity contribution in [2.75, 3.05) is 25.0 Å². The minimum atomic E-state index is -0.367. The maximum atomic E-state index is 11.4. The molecule has 1 fully saturated rings. The van der Waals surface area contributed by atoms with Crippen molar-refractivity contribution in [2.24, 2.45) is 11.1 Å². The summed E-state index contributed by atoms with van der Waals surface area (Å²) in [7, 11) is 0. The molecule has 6 heteroatoms. The Balaban J connectivity index is 1.89. The summed E-state index contributed by atoms with van der Waals surface area (Å²) >= 11 is 1.69. The Bertz CT molecular complexity index is 448. The molecule has 5 nitrogen and oxygen atoms in total. The summed E-state index contributed by atoms with van der Waals surface area (Å²) in [6.07, 6.45) is 3.86. The van der Waals surface area contributed by atoms with E-state index in [-0.39, 0.29) is 11.3 Å². The van der Waals surface area contributed by atoms with Crippen LogP contribution in [0, 0.1) is 5.41 Å². The number of anilines is 1. The van der Waals surface area contributed by atoms with E-state index in [1.807, 2.05) is 13.1 Å². The fourth-order valence-corrected chi connectivity index (χ4v) is 3.19. The monoisotopic (exact) mass is 282 g/mol. The summed E-state index contributed by atoms with van der Waals surface area (Å²) in [6, 6.07) is 0. The van der Waals surface area contributed by atoms with Crippen molar-refractivity contribution < 1.29 is 4.79 Å². The second-order valence-electron chi connectivity index (χ2n) is 5.44. The van der Waals surface area contributed by atoms with Crippen LogP contribution in [0.4, 0.5) is 5.13 Å². The number of nitrogens with two attached hydrogens (primary N) is 1. The zero-order valence-electron chi connectivity index (χ0n) is 11.6.